The number of ketones is 1. The maximum absolute atomic E-state index is 13.3. The molecule has 1 N–H and O–H groups in total. The van der Waals surface area contributed by atoms with Crippen LogP contribution in [0.25, 0.3) is 0 Å². The summed E-state index contributed by atoms with van der Waals surface area (Å²) in [5.74, 6) is -0.956. The van der Waals surface area contributed by atoms with Crippen molar-refractivity contribution in [3.8, 4) is 0 Å². The number of benzene rings is 3. The summed E-state index contributed by atoms with van der Waals surface area (Å²) in [6.07, 6.45) is -0.408. The lowest BCUT2D eigenvalue weighted by molar-refractivity contribution is -0.136. The third kappa shape index (κ3) is 3.63. The van der Waals surface area contributed by atoms with E-state index in [0.717, 1.165) is 11.1 Å². The molecule has 0 bridgehead atoms. The number of carbonyl (C=O) groups excluding carboxylic acids is 2. The first-order valence-corrected chi connectivity index (χ1v) is 10.2. The number of hydrogen-bond donors (Lipinski definition) is 1. The van der Waals surface area contributed by atoms with Crippen molar-refractivity contribution >= 4 is 40.6 Å². The fraction of sp³-hybridized carbons (Fsp3) is 0.167. The van der Waals surface area contributed by atoms with E-state index in [9.17, 15) is 14.7 Å². The number of Topliss-reactive ketones (excluding diaryl/α,β-unsaturated/α-hetero) is 1. The van der Waals surface area contributed by atoms with Gasteiger partial charge in [-0.25, -0.2) is 0 Å². The number of rotatable bonds is 5. The highest BCUT2D eigenvalue weighted by Gasteiger charge is 2.50. The van der Waals surface area contributed by atoms with Gasteiger partial charge in [-0.05, 0) is 36.8 Å². The van der Waals surface area contributed by atoms with Crippen LogP contribution in [0.3, 0.4) is 0 Å². The number of para-hydroxylation sites is 1. The Morgan fingerprint density at radius 1 is 1.03 bits per heavy atom. The molecule has 30 heavy (non-hydrogen) atoms. The second kappa shape index (κ2) is 7.88. The van der Waals surface area contributed by atoms with E-state index >= 15 is 0 Å². The quantitative estimate of drug-likeness (QED) is 0.548. The van der Waals surface area contributed by atoms with Gasteiger partial charge in [0.1, 0.15) is 0 Å². The molecule has 3 aromatic rings. The Morgan fingerprint density at radius 2 is 1.73 bits per heavy atom. The smallest absolute Gasteiger partial charge is 0.264 e. The Balaban J connectivity index is 1.68. The van der Waals surface area contributed by atoms with Crippen molar-refractivity contribution < 1.29 is 14.7 Å². The van der Waals surface area contributed by atoms with Gasteiger partial charge in [0.15, 0.2) is 11.4 Å². The molecule has 1 aliphatic rings. The largest absolute Gasteiger partial charge is 0.375 e. The molecule has 4 nitrogen and oxygen atoms in total. The van der Waals surface area contributed by atoms with Crippen LogP contribution < -0.4 is 4.90 Å². The van der Waals surface area contributed by atoms with Gasteiger partial charge in [-0.3, -0.25) is 9.59 Å². The zero-order valence-electron chi connectivity index (χ0n) is 16.2. The minimum atomic E-state index is -1.96. The molecule has 0 radical (unpaired) electrons. The van der Waals surface area contributed by atoms with Crippen LogP contribution in [0.2, 0.25) is 10.0 Å². The van der Waals surface area contributed by atoms with E-state index in [4.69, 9.17) is 23.2 Å². The van der Waals surface area contributed by atoms with Crippen molar-refractivity contribution in [2.45, 2.75) is 25.5 Å². The lowest BCUT2D eigenvalue weighted by Gasteiger charge is -2.23. The fourth-order valence-corrected chi connectivity index (χ4v) is 4.27. The number of carbonyl (C=O) groups is 2. The average molecular weight is 440 g/mol. The van der Waals surface area contributed by atoms with E-state index in [1.807, 2.05) is 31.2 Å². The zero-order valence-corrected chi connectivity index (χ0v) is 17.7. The molecule has 0 spiro atoms. The third-order valence-corrected chi connectivity index (χ3v) is 5.90. The van der Waals surface area contributed by atoms with Crippen LogP contribution in [-0.4, -0.2) is 16.8 Å². The topological polar surface area (TPSA) is 57.6 Å². The SMILES string of the molecule is Cc1ccc(CN2C(=O)[C@](O)(CC(=O)c3ccc(Cl)cc3Cl)c3ccccc32)cc1. The monoisotopic (exact) mass is 439 g/mol. The first-order valence-electron chi connectivity index (χ1n) is 9.47. The van der Waals surface area contributed by atoms with Crippen LogP contribution in [0.4, 0.5) is 5.69 Å². The van der Waals surface area contributed by atoms with E-state index in [0.29, 0.717) is 22.8 Å². The number of halogens is 2. The second-order valence-electron chi connectivity index (χ2n) is 7.48. The molecule has 0 aliphatic carbocycles. The summed E-state index contributed by atoms with van der Waals surface area (Å²) in [6, 6.07) is 19.4. The molecule has 0 saturated heterocycles. The second-order valence-corrected chi connectivity index (χ2v) is 8.32. The molecule has 152 valence electrons. The average Bonchev–Trinajstić information content (AvgIpc) is 2.91. The number of amides is 1. The Bertz CT molecular complexity index is 1140. The minimum Gasteiger partial charge on any atom is -0.375 e. The van der Waals surface area contributed by atoms with Crippen LogP contribution in [0.5, 0.6) is 0 Å². The van der Waals surface area contributed by atoms with Gasteiger partial charge >= 0.3 is 0 Å². The fourth-order valence-electron chi connectivity index (χ4n) is 3.75. The molecule has 0 fully saturated rings. The molecule has 0 saturated carbocycles. The van der Waals surface area contributed by atoms with Gasteiger partial charge in [-0.2, -0.15) is 0 Å². The van der Waals surface area contributed by atoms with Gasteiger partial charge in [0, 0.05) is 16.1 Å². The number of anilines is 1. The summed E-state index contributed by atoms with van der Waals surface area (Å²) in [5.41, 5.74) is 1.33. The van der Waals surface area contributed by atoms with Crippen LogP contribution in [0, 0.1) is 6.92 Å². The Labute approximate surface area is 184 Å². The molecule has 0 unspecified atom stereocenters. The zero-order chi connectivity index (χ0) is 21.5. The standard InChI is InChI=1S/C24H19Cl2NO3/c1-15-6-8-16(9-7-15)14-27-21-5-3-2-4-19(21)24(30,23(27)29)13-22(28)18-11-10-17(25)12-20(18)26/h2-12,30H,13-14H2,1H3/t24-/m0/s1. The molecule has 0 aromatic heterocycles. The van der Waals surface area contributed by atoms with Crippen molar-refractivity contribution in [2.75, 3.05) is 4.90 Å². The maximum atomic E-state index is 13.3. The molecule has 4 rings (SSSR count). The predicted octanol–water partition coefficient (Wildman–Crippen LogP) is 5.31. The molecule has 1 aliphatic heterocycles. The van der Waals surface area contributed by atoms with Crippen LogP contribution in [0.15, 0.2) is 66.7 Å². The first kappa shape index (κ1) is 20.6. The van der Waals surface area contributed by atoms with E-state index in [1.54, 1.807) is 30.3 Å². The van der Waals surface area contributed by atoms with E-state index in [1.165, 1.54) is 17.0 Å². The van der Waals surface area contributed by atoms with Crippen molar-refractivity contribution in [3.05, 3.63) is 99.0 Å². The highest BCUT2D eigenvalue weighted by Crippen LogP contribution is 2.43. The molecule has 1 atom stereocenters. The minimum absolute atomic E-state index is 0.186. The Kier molecular flexibility index (Phi) is 5.41. The summed E-state index contributed by atoms with van der Waals surface area (Å²) in [6.45, 7) is 2.29. The Hall–Kier alpha value is -2.66. The molecular formula is C24H19Cl2NO3. The highest BCUT2D eigenvalue weighted by atomic mass is 35.5. The third-order valence-electron chi connectivity index (χ3n) is 5.35. The van der Waals surface area contributed by atoms with Gasteiger partial charge in [0.25, 0.3) is 5.91 Å². The highest BCUT2D eigenvalue weighted by molar-refractivity contribution is 6.37. The van der Waals surface area contributed by atoms with E-state index in [2.05, 4.69) is 0 Å². The van der Waals surface area contributed by atoms with E-state index in [-0.39, 0.29) is 10.6 Å². The Morgan fingerprint density at radius 3 is 2.43 bits per heavy atom. The van der Waals surface area contributed by atoms with Gasteiger partial charge in [-0.1, -0.05) is 71.2 Å². The maximum Gasteiger partial charge on any atom is 0.264 e. The number of nitrogens with zero attached hydrogens (tertiary/aromatic N) is 1. The van der Waals surface area contributed by atoms with Crippen molar-refractivity contribution in [1.29, 1.82) is 0 Å². The summed E-state index contributed by atoms with van der Waals surface area (Å²) in [7, 11) is 0. The molecule has 1 amide bonds. The van der Waals surface area contributed by atoms with Gasteiger partial charge < -0.3 is 10.0 Å². The van der Waals surface area contributed by atoms with Crippen molar-refractivity contribution in [3.63, 3.8) is 0 Å². The number of fused-ring (bicyclic) bond motifs is 1. The van der Waals surface area contributed by atoms with Crippen LogP contribution in [-0.2, 0) is 16.9 Å². The summed E-state index contributed by atoms with van der Waals surface area (Å²) >= 11 is 12.1. The molecule has 1 heterocycles. The number of aryl methyl sites for hydroxylation is 1. The van der Waals surface area contributed by atoms with Crippen molar-refractivity contribution in [2.24, 2.45) is 0 Å². The normalized spacial score (nSPS) is 17.9. The van der Waals surface area contributed by atoms with Gasteiger partial charge in [0.05, 0.1) is 23.7 Å². The van der Waals surface area contributed by atoms with Crippen LogP contribution in [0.1, 0.15) is 33.5 Å². The van der Waals surface area contributed by atoms with E-state index < -0.39 is 23.7 Å². The molecular weight excluding hydrogens is 421 g/mol. The first-order chi connectivity index (χ1) is 14.3. The lowest BCUT2D eigenvalue weighted by Crippen LogP contribution is -2.41. The molecule has 3 aromatic carbocycles. The lowest BCUT2D eigenvalue weighted by atomic mass is 9.88. The summed E-state index contributed by atoms with van der Waals surface area (Å²) in [4.78, 5) is 27.8. The van der Waals surface area contributed by atoms with Crippen molar-refractivity contribution in [1.82, 2.24) is 0 Å². The predicted molar refractivity (Wildman–Crippen MR) is 118 cm³/mol. The molecule has 6 heteroatoms. The van der Waals surface area contributed by atoms with Gasteiger partial charge in [-0.15, -0.1) is 0 Å². The number of hydrogen-bond acceptors (Lipinski definition) is 3. The summed E-state index contributed by atoms with van der Waals surface area (Å²) in [5, 5.41) is 12.0. The summed E-state index contributed by atoms with van der Waals surface area (Å²) < 4.78 is 0. The van der Waals surface area contributed by atoms with Gasteiger partial charge in [0.2, 0.25) is 0 Å². The van der Waals surface area contributed by atoms with Crippen LogP contribution >= 0.6 is 23.2 Å². The number of aliphatic hydroxyl groups is 1.